The molecule has 6 aromatic rings. The molecular formula is C35H29BrClF2N5O2S2. The number of H-pyrrole nitrogens is 1. The van der Waals surface area contributed by atoms with Crippen molar-refractivity contribution in [2.75, 3.05) is 6.54 Å². The monoisotopic (exact) mass is 767 g/mol. The number of thiazole rings is 2. The van der Waals surface area contributed by atoms with Crippen molar-refractivity contribution in [3.05, 3.63) is 110 Å². The molecule has 4 heterocycles. The zero-order valence-corrected chi connectivity index (χ0v) is 29.9. The van der Waals surface area contributed by atoms with E-state index in [9.17, 15) is 18.4 Å². The van der Waals surface area contributed by atoms with Crippen LogP contribution in [0.15, 0.2) is 71.2 Å². The van der Waals surface area contributed by atoms with Gasteiger partial charge in [-0.2, -0.15) is 0 Å². The Bertz CT molecular complexity index is 2100. The van der Waals surface area contributed by atoms with Crippen LogP contribution >= 0.6 is 50.2 Å². The van der Waals surface area contributed by atoms with E-state index in [1.165, 1.54) is 46.9 Å². The Morgan fingerprint density at radius 3 is 2.04 bits per heavy atom. The fourth-order valence-corrected chi connectivity index (χ4v) is 8.20. The number of aryl methyl sites for hydroxylation is 2. The zero-order valence-electron chi connectivity index (χ0n) is 25.9. The molecule has 1 fully saturated rings. The van der Waals surface area contributed by atoms with E-state index in [1.54, 1.807) is 31.2 Å². The molecule has 3 aromatic carbocycles. The van der Waals surface area contributed by atoms with Gasteiger partial charge in [-0.3, -0.25) is 9.59 Å². The molecule has 0 saturated carbocycles. The Kier molecular flexibility index (Phi) is 10.4. The molecule has 246 valence electrons. The number of nitrogens with one attached hydrogen (secondary N) is 1. The number of aromatic amines is 1. The van der Waals surface area contributed by atoms with Gasteiger partial charge in [0.1, 0.15) is 34.4 Å². The number of amides is 1. The number of carbonyl (C=O) groups excluding carboxylic acids is 2. The molecule has 7 nitrogen and oxygen atoms in total. The number of rotatable bonds is 6. The number of piperidine rings is 1. The highest BCUT2D eigenvalue weighted by molar-refractivity contribution is 9.10. The standard InChI is InChI=1S/C24H22BrFN4OS.C11H7ClFNOS/c1-14-27-22(23(32-14)15-8-10-16(26)11-9-15)24(31)30-12-3-2-5-17(30)13-20-28-19-7-4-6-18(25)21(19)29-20;1-6-14-9(11(12)15)10(16-6)7-2-4-8(13)5-3-7/h4,6-11,17H,2-3,5,12-13H2,1H3,(H,28,29);2-5H,1H3. The van der Waals surface area contributed by atoms with Crippen molar-refractivity contribution >= 4 is 72.4 Å². The lowest BCUT2D eigenvalue weighted by atomic mass is 9.98. The molecule has 0 spiro atoms. The van der Waals surface area contributed by atoms with Gasteiger partial charge in [0, 0.05) is 23.5 Å². The van der Waals surface area contributed by atoms with Crippen LogP contribution in [-0.2, 0) is 6.42 Å². The summed E-state index contributed by atoms with van der Waals surface area (Å²) in [6.07, 6.45) is 3.66. The number of carbonyl (C=O) groups is 2. The number of para-hydroxylation sites is 1. The maximum atomic E-state index is 13.7. The van der Waals surface area contributed by atoms with Crippen molar-refractivity contribution < 1.29 is 18.4 Å². The Morgan fingerprint density at radius 2 is 1.46 bits per heavy atom. The first-order valence-electron chi connectivity index (χ1n) is 15.2. The van der Waals surface area contributed by atoms with E-state index in [4.69, 9.17) is 16.6 Å². The number of hydrogen-bond acceptors (Lipinski definition) is 7. The molecule has 3 aromatic heterocycles. The van der Waals surface area contributed by atoms with Gasteiger partial charge in [0.2, 0.25) is 0 Å². The predicted octanol–water partition coefficient (Wildman–Crippen LogP) is 9.77. The molecule has 1 unspecified atom stereocenters. The molecule has 7 rings (SSSR count). The highest BCUT2D eigenvalue weighted by Crippen LogP contribution is 2.34. The number of hydrogen-bond donors (Lipinski definition) is 1. The Balaban J connectivity index is 0.000000211. The first-order valence-corrected chi connectivity index (χ1v) is 18.0. The van der Waals surface area contributed by atoms with Crippen molar-refractivity contribution in [1.29, 1.82) is 0 Å². The van der Waals surface area contributed by atoms with Crippen molar-refractivity contribution in [2.45, 2.75) is 45.6 Å². The smallest absolute Gasteiger partial charge is 0.274 e. The lowest BCUT2D eigenvalue weighted by Gasteiger charge is -2.35. The van der Waals surface area contributed by atoms with E-state index in [0.29, 0.717) is 23.5 Å². The van der Waals surface area contributed by atoms with Crippen molar-refractivity contribution in [2.24, 2.45) is 0 Å². The normalized spacial score (nSPS) is 14.5. The summed E-state index contributed by atoms with van der Waals surface area (Å²) in [6.45, 7) is 4.39. The lowest BCUT2D eigenvalue weighted by Crippen LogP contribution is -2.45. The number of aromatic nitrogens is 4. The summed E-state index contributed by atoms with van der Waals surface area (Å²) in [6, 6.07) is 18.2. The van der Waals surface area contributed by atoms with Gasteiger partial charge in [-0.1, -0.05) is 30.3 Å². The first-order chi connectivity index (χ1) is 23.1. The van der Waals surface area contributed by atoms with Crippen LogP contribution < -0.4 is 0 Å². The molecular weight excluding hydrogens is 740 g/mol. The van der Waals surface area contributed by atoms with E-state index in [0.717, 1.165) is 66.6 Å². The van der Waals surface area contributed by atoms with Gasteiger partial charge in [0.25, 0.3) is 11.1 Å². The average Bonchev–Trinajstić information content (AvgIpc) is 3.79. The number of imidazole rings is 1. The Labute approximate surface area is 297 Å². The van der Waals surface area contributed by atoms with E-state index < -0.39 is 5.24 Å². The summed E-state index contributed by atoms with van der Waals surface area (Å²) < 4.78 is 27.1. The summed E-state index contributed by atoms with van der Waals surface area (Å²) in [5, 5.41) is 0.982. The van der Waals surface area contributed by atoms with Gasteiger partial charge in [0.15, 0.2) is 0 Å². The zero-order chi connectivity index (χ0) is 33.9. The number of nitrogens with zero attached hydrogens (tertiary/aromatic N) is 4. The second-order valence-corrected chi connectivity index (χ2v) is 14.9. The molecule has 0 aliphatic carbocycles. The summed E-state index contributed by atoms with van der Waals surface area (Å²) in [5.41, 5.74) is 4.14. The molecule has 1 aliphatic rings. The quantitative estimate of drug-likeness (QED) is 0.171. The summed E-state index contributed by atoms with van der Waals surface area (Å²) >= 11 is 11.8. The predicted molar refractivity (Wildman–Crippen MR) is 191 cm³/mol. The van der Waals surface area contributed by atoms with Crippen LogP contribution in [0.4, 0.5) is 8.78 Å². The van der Waals surface area contributed by atoms with Crippen LogP contribution in [0.1, 0.15) is 56.1 Å². The van der Waals surface area contributed by atoms with E-state index in [2.05, 4.69) is 30.9 Å². The van der Waals surface area contributed by atoms with Crippen LogP contribution in [-0.4, -0.2) is 48.6 Å². The minimum absolute atomic E-state index is 0.0543. The van der Waals surface area contributed by atoms with E-state index in [1.807, 2.05) is 30.0 Å². The maximum Gasteiger partial charge on any atom is 0.274 e. The Morgan fingerprint density at radius 1 is 0.875 bits per heavy atom. The third kappa shape index (κ3) is 7.57. The van der Waals surface area contributed by atoms with Crippen LogP contribution in [0.2, 0.25) is 0 Å². The van der Waals surface area contributed by atoms with E-state index >= 15 is 0 Å². The molecule has 1 atom stereocenters. The highest BCUT2D eigenvalue weighted by atomic mass is 79.9. The molecule has 13 heteroatoms. The fraction of sp³-hybridized carbons (Fsp3) is 0.229. The summed E-state index contributed by atoms with van der Waals surface area (Å²) in [4.78, 5) is 45.0. The van der Waals surface area contributed by atoms with Gasteiger partial charge in [-0.15, -0.1) is 22.7 Å². The number of fused-ring (bicyclic) bond motifs is 1. The topological polar surface area (TPSA) is 91.8 Å². The minimum atomic E-state index is -0.594. The second-order valence-electron chi connectivity index (χ2n) is 11.3. The van der Waals surface area contributed by atoms with E-state index in [-0.39, 0.29) is 29.3 Å². The summed E-state index contributed by atoms with van der Waals surface area (Å²) in [5.74, 6) is 0.209. The minimum Gasteiger partial charge on any atom is -0.342 e. The van der Waals surface area contributed by atoms with Gasteiger partial charge < -0.3 is 9.88 Å². The largest absolute Gasteiger partial charge is 0.342 e. The first kappa shape index (κ1) is 34.0. The highest BCUT2D eigenvalue weighted by Gasteiger charge is 2.32. The second kappa shape index (κ2) is 14.7. The fourth-order valence-electron chi connectivity index (χ4n) is 5.71. The molecule has 1 N–H and O–H groups in total. The van der Waals surface area contributed by atoms with Crippen LogP contribution in [0.5, 0.6) is 0 Å². The van der Waals surface area contributed by atoms with Gasteiger partial charge in [0.05, 0.1) is 25.3 Å². The molecule has 1 amide bonds. The SMILES string of the molecule is Cc1nc(C(=O)Cl)c(-c2ccc(F)cc2)s1.Cc1nc(C(=O)N2CCCCC2Cc2nc3c(Br)cccc3[nH]2)c(-c2ccc(F)cc2)s1. The maximum absolute atomic E-state index is 13.7. The molecule has 1 saturated heterocycles. The molecule has 48 heavy (non-hydrogen) atoms. The average molecular weight is 769 g/mol. The molecule has 0 bridgehead atoms. The van der Waals surface area contributed by atoms with Crippen molar-refractivity contribution in [3.8, 4) is 20.9 Å². The third-order valence-electron chi connectivity index (χ3n) is 7.90. The Hall–Kier alpha value is -3.84. The van der Waals surface area contributed by atoms with Gasteiger partial charge >= 0.3 is 0 Å². The van der Waals surface area contributed by atoms with Gasteiger partial charge in [-0.25, -0.2) is 23.7 Å². The lowest BCUT2D eigenvalue weighted by molar-refractivity contribution is 0.0606. The van der Waals surface area contributed by atoms with Crippen LogP contribution in [0, 0.1) is 25.5 Å². The number of halogens is 4. The van der Waals surface area contributed by atoms with Crippen molar-refractivity contribution in [1.82, 2.24) is 24.8 Å². The number of likely N-dealkylation sites (tertiary alicyclic amines) is 1. The molecule has 0 radical (unpaired) electrons. The van der Waals surface area contributed by atoms with Crippen molar-refractivity contribution in [3.63, 3.8) is 0 Å². The third-order valence-corrected chi connectivity index (χ3v) is 10.8. The molecule has 1 aliphatic heterocycles. The summed E-state index contributed by atoms with van der Waals surface area (Å²) in [7, 11) is 0. The van der Waals surface area contributed by atoms with Crippen LogP contribution in [0.3, 0.4) is 0 Å². The van der Waals surface area contributed by atoms with Crippen LogP contribution in [0.25, 0.3) is 31.9 Å². The van der Waals surface area contributed by atoms with Gasteiger partial charge in [-0.05, 0) is 108 Å². The number of benzene rings is 3.